The molecule has 0 amide bonds. The van der Waals surface area contributed by atoms with E-state index in [2.05, 4.69) is 25.8 Å². The molecular formula is C20H33IN6O3. The molecule has 0 aliphatic rings. The van der Waals surface area contributed by atoms with Crippen molar-refractivity contribution in [2.75, 3.05) is 38.8 Å². The average Bonchev–Trinajstić information content (AvgIpc) is 3.05. The van der Waals surface area contributed by atoms with Gasteiger partial charge in [-0.25, -0.2) is 4.99 Å². The Kier molecular flexibility index (Phi) is 12.1. The first kappa shape index (κ1) is 26.0. The fourth-order valence-corrected chi connectivity index (χ4v) is 2.56. The van der Waals surface area contributed by atoms with Gasteiger partial charge in [-0.3, -0.25) is 0 Å². The molecule has 2 aromatic rings. The van der Waals surface area contributed by atoms with Crippen LogP contribution in [0, 0.1) is 6.92 Å². The number of aryl methyl sites for hydroxylation is 1. The highest BCUT2D eigenvalue weighted by atomic mass is 127. The first-order valence-corrected chi connectivity index (χ1v) is 9.87. The van der Waals surface area contributed by atoms with E-state index in [0.717, 1.165) is 36.9 Å². The van der Waals surface area contributed by atoms with Gasteiger partial charge >= 0.3 is 0 Å². The predicted molar refractivity (Wildman–Crippen MR) is 129 cm³/mol. The lowest BCUT2D eigenvalue weighted by molar-refractivity contribution is 0.146. The van der Waals surface area contributed by atoms with E-state index >= 15 is 0 Å². The van der Waals surface area contributed by atoms with Crippen molar-refractivity contribution in [1.29, 1.82) is 0 Å². The van der Waals surface area contributed by atoms with Crippen molar-refractivity contribution in [3.63, 3.8) is 0 Å². The third-order valence-electron chi connectivity index (χ3n) is 4.25. The molecule has 2 rings (SSSR count). The summed E-state index contributed by atoms with van der Waals surface area (Å²) in [6, 6.07) is 5.69. The molecule has 0 fully saturated rings. The van der Waals surface area contributed by atoms with Crippen LogP contribution < -0.4 is 20.1 Å². The Morgan fingerprint density at radius 3 is 2.60 bits per heavy atom. The molecule has 1 aromatic heterocycles. The first-order chi connectivity index (χ1) is 14.1. The lowest BCUT2D eigenvalue weighted by Crippen LogP contribution is -2.32. The normalized spacial score (nSPS) is 11.0. The Morgan fingerprint density at radius 1 is 1.17 bits per heavy atom. The molecule has 0 aliphatic carbocycles. The fraction of sp³-hybridized carbons (Fsp3) is 0.550. The maximum atomic E-state index is 5.58. The quantitative estimate of drug-likeness (QED) is 0.199. The molecule has 1 aromatic carbocycles. The summed E-state index contributed by atoms with van der Waals surface area (Å²) >= 11 is 0. The highest BCUT2D eigenvalue weighted by Gasteiger charge is 2.09. The summed E-state index contributed by atoms with van der Waals surface area (Å²) < 4.78 is 18.3. The van der Waals surface area contributed by atoms with Crippen LogP contribution in [0.5, 0.6) is 11.5 Å². The van der Waals surface area contributed by atoms with Gasteiger partial charge in [0.05, 0.1) is 13.7 Å². The van der Waals surface area contributed by atoms with Gasteiger partial charge in [0, 0.05) is 38.6 Å². The van der Waals surface area contributed by atoms with Crippen LogP contribution in [0.25, 0.3) is 0 Å². The third-order valence-corrected chi connectivity index (χ3v) is 4.25. The molecule has 1 heterocycles. The van der Waals surface area contributed by atoms with Crippen molar-refractivity contribution in [3.8, 4) is 11.5 Å². The fourth-order valence-electron chi connectivity index (χ4n) is 2.56. The zero-order valence-electron chi connectivity index (χ0n) is 18.4. The summed E-state index contributed by atoms with van der Waals surface area (Å²) in [5, 5.41) is 14.9. The summed E-state index contributed by atoms with van der Waals surface area (Å²) in [6.45, 7) is 8.99. The van der Waals surface area contributed by atoms with E-state index in [1.165, 1.54) is 0 Å². The van der Waals surface area contributed by atoms with Gasteiger partial charge in [0.25, 0.3) is 0 Å². The lowest BCUT2D eigenvalue weighted by Gasteiger charge is -2.15. The van der Waals surface area contributed by atoms with E-state index < -0.39 is 0 Å². The number of aromatic nitrogens is 3. The minimum absolute atomic E-state index is 0. The third kappa shape index (κ3) is 7.98. The molecule has 0 bridgehead atoms. The standard InChI is InChI=1S/C20H32N6O3.HI/c1-6-28-12-8-11-21-20(22-14-19-25-24-15(3)26(19)4)23-16-9-10-17(29-7-2)18(13-16)27-5;/h9-10,13H,6-8,11-12,14H2,1-5H3,(H2,21,22,23);1H. The van der Waals surface area contributed by atoms with Gasteiger partial charge in [-0.2, -0.15) is 0 Å². The second-order valence-electron chi connectivity index (χ2n) is 6.29. The van der Waals surface area contributed by atoms with Crippen molar-refractivity contribution in [2.24, 2.45) is 12.0 Å². The van der Waals surface area contributed by atoms with Gasteiger partial charge in [0.15, 0.2) is 23.3 Å². The van der Waals surface area contributed by atoms with Gasteiger partial charge in [-0.15, -0.1) is 34.2 Å². The van der Waals surface area contributed by atoms with E-state index in [0.29, 0.717) is 37.2 Å². The van der Waals surface area contributed by atoms with Gasteiger partial charge in [0.1, 0.15) is 12.4 Å². The molecule has 10 heteroatoms. The molecule has 0 atom stereocenters. The largest absolute Gasteiger partial charge is 0.493 e. The van der Waals surface area contributed by atoms with Crippen LogP contribution in [0.2, 0.25) is 0 Å². The molecular weight excluding hydrogens is 499 g/mol. The number of methoxy groups -OCH3 is 1. The minimum atomic E-state index is 0. The average molecular weight is 532 g/mol. The number of halogens is 1. The monoisotopic (exact) mass is 532 g/mol. The Hall–Kier alpha value is -2.08. The molecule has 2 N–H and O–H groups in total. The number of hydrogen-bond donors (Lipinski definition) is 2. The molecule has 30 heavy (non-hydrogen) atoms. The van der Waals surface area contributed by atoms with Crippen LogP contribution in [0.4, 0.5) is 5.69 Å². The molecule has 0 spiro atoms. The van der Waals surface area contributed by atoms with Gasteiger partial charge < -0.3 is 29.4 Å². The summed E-state index contributed by atoms with van der Waals surface area (Å²) in [7, 11) is 3.55. The van der Waals surface area contributed by atoms with E-state index in [9.17, 15) is 0 Å². The maximum Gasteiger partial charge on any atom is 0.196 e. The van der Waals surface area contributed by atoms with Crippen molar-refractivity contribution in [2.45, 2.75) is 33.7 Å². The molecule has 0 saturated heterocycles. The zero-order chi connectivity index (χ0) is 21.1. The summed E-state index contributed by atoms with van der Waals surface area (Å²) in [4.78, 5) is 4.65. The summed E-state index contributed by atoms with van der Waals surface area (Å²) in [6.07, 6.45) is 0.879. The molecule has 0 aliphatic heterocycles. The lowest BCUT2D eigenvalue weighted by atomic mass is 10.2. The van der Waals surface area contributed by atoms with Crippen LogP contribution in [-0.2, 0) is 18.3 Å². The number of rotatable bonds is 11. The van der Waals surface area contributed by atoms with Crippen LogP contribution >= 0.6 is 24.0 Å². The number of hydrogen-bond acceptors (Lipinski definition) is 6. The Balaban J connectivity index is 0.00000450. The van der Waals surface area contributed by atoms with E-state index in [-0.39, 0.29) is 24.0 Å². The molecule has 9 nitrogen and oxygen atoms in total. The summed E-state index contributed by atoms with van der Waals surface area (Å²) in [5.74, 6) is 3.66. The number of ether oxygens (including phenoxy) is 3. The highest BCUT2D eigenvalue weighted by Crippen LogP contribution is 2.30. The summed E-state index contributed by atoms with van der Waals surface area (Å²) in [5.41, 5.74) is 0.843. The van der Waals surface area contributed by atoms with Gasteiger partial charge in [-0.05, 0) is 39.3 Å². The molecule has 168 valence electrons. The number of aliphatic imine (C=N–C) groups is 1. The van der Waals surface area contributed by atoms with Gasteiger partial charge in [0.2, 0.25) is 0 Å². The van der Waals surface area contributed by atoms with Gasteiger partial charge in [-0.1, -0.05) is 0 Å². The van der Waals surface area contributed by atoms with Crippen LogP contribution in [0.1, 0.15) is 31.9 Å². The molecule has 0 unspecified atom stereocenters. The number of benzene rings is 1. The van der Waals surface area contributed by atoms with E-state index in [1.807, 2.05) is 50.6 Å². The van der Waals surface area contributed by atoms with Crippen molar-refractivity contribution >= 4 is 35.6 Å². The maximum absolute atomic E-state index is 5.58. The SMILES string of the molecule is CCOCCCNC(=NCc1nnc(C)n1C)Nc1ccc(OCC)c(OC)c1.I. The Labute approximate surface area is 195 Å². The molecule has 0 radical (unpaired) electrons. The van der Waals surface area contributed by atoms with Crippen LogP contribution in [0.3, 0.4) is 0 Å². The minimum Gasteiger partial charge on any atom is -0.493 e. The van der Waals surface area contributed by atoms with Crippen molar-refractivity contribution in [1.82, 2.24) is 20.1 Å². The second kappa shape index (κ2) is 14.0. The molecule has 0 saturated carbocycles. The first-order valence-electron chi connectivity index (χ1n) is 9.87. The van der Waals surface area contributed by atoms with Crippen molar-refractivity contribution < 1.29 is 14.2 Å². The van der Waals surface area contributed by atoms with E-state index in [4.69, 9.17) is 14.2 Å². The number of guanidine groups is 1. The Bertz CT molecular complexity index is 797. The van der Waals surface area contributed by atoms with Crippen molar-refractivity contribution in [3.05, 3.63) is 29.8 Å². The second-order valence-corrected chi connectivity index (χ2v) is 6.29. The number of nitrogens with one attached hydrogen (secondary N) is 2. The predicted octanol–water partition coefficient (Wildman–Crippen LogP) is 3.13. The smallest absolute Gasteiger partial charge is 0.196 e. The zero-order valence-corrected chi connectivity index (χ0v) is 20.7. The Morgan fingerprint density at radius 2 is 1.97 bits per heavy atom. The van der Waals surface area contributed by atoms with Crippen LogP contribution in [-0.4, -0.2) is 54.2 Å². The number of nitrogens with zero attached hydrogens (tertiary/aromatic N) is 4. The topological polar surface area (TPSA) is 94.8 Å². The van der Waals surface area contributed by atoms with E-state index in [1.54, 1.807) is 7.11 Å². The highest BCUT2D eigenvalue weighted by molar-refractivity contribution is 14.0. The number of anilines is 1. The van der Waals surface area contributed by atoms with Crippen LogP contribution in [0.15, 0.2) is 23.2 Å².